The number of amides is 3. The van der Waals surface area contributed by atoms with Gasteiger partial charge in [0.05, 0.1) is 17.3 Å². The predicted molar refractivity (Wildman–Crippen MR) is 105 cm³/mol. The van der Waals surface area contributed by atoms with Crippen LogP contribution >= 0.6 is 11.6 Å². The van der Waals surface area contributed by atoms with E-state index in [2.05, 4.69) is 15.0 Å². The molecule has 10 nitrogen and oxygen atoms in total. The molecule has 0 radical (unpaired) electrons. The van der Waals surface area contributed by atoms with Gasteiger partial charge in [0.2, 0.25) is 12.8 Å². The zero-order valence-electron chi connectivity index (χ0n) is 15.8. The molecule has 154 valence electrons. The fourth-order valence-corrected chi connectivity index (χ4v) is 2.78. The van der Waals surface area contributed by atoms with Crippen LogP contribution in [0.2, 0.25) is 5.02 Å². The number of carbonyl (C=O) groups excluding carboxylic acids is 3. The van der Waals surface area contributed by atoms with Gasteiger partial charge in [-0.1, -0.05) is 11.6 Å². The second-order valence-electron chi connectivity index (χ2n) is 5.86. The topological polar surface area (TPSA) is 120 Å². The Morgan fingerprint density at radius 1 is 0.966 bits per heavy atom. The van der Waals surface area contributed by atoms with Gasteiger partial charge in [0.1, 0.15) is 5.82 Å². The average molecular weight is 421 g/mol. The van der Waals surface area contributed by atoms with Gasteiger partial charge in [0, 0.05) is 51.9 Å². The average Bonchev–Trinajstić information content (AvgIpc) is 3.13. The molecule has 0 bridgehead atoms. The number of pyridine rings is 1. The van der Waals surface area contributed by atoms with Crippen LogP contribution in [0.1, 0.15) is 16.2 Å². The zero-order chi connectivity index (χ0) is 21.2. The molecule has 2 aromatic rings. The smallest absolute Gasteiger partial charge is 0.280 e. The van der Waals surface area contributed by atoms with Crippen LogP contribution in [0.25, 0.3) is 0 Å². The number of piperazine rings is 1. The Bertz CT molecular complexity index is 811. The Balaban J connectivity index is 0.000000215. The third-order valence-corrected chi connectivity index (χ3v) is 4.39. The molecule has 0 unspecified atom stereocenters. The highest BCUT2D eigenvalue weighted by Crippen LogP contribution is 2.24. The lowest BCUT2D eigenvalue weighted by molar-refractivity contribution is -0.125. The molecular weight excluding hydrogens is 400 g/mol. The Labute approximate surface area is 172 Å². The molecule has 3 amide bonds. The molecule has 4 heterocycles. The summed E-state index contributed by atoms with van der Waals surface area (Å²) in [5.74, 6) is 0.377. The minimum Gasteiger partial charge on any atom is -0.400 e. The van der Waals surface area contributed by atoms with Crippen LogP contribution in [-0.4, -0.2) is 81.9 Å². The summed E-state index contributed by atoms with van der Waals surface area (Å²) >= 11 is 5.75. The van der Waals surface area contributed by atoms with Gasteiger partial charge in [-0.3, -0.25) is 24.3 Å². The van der Waals surface area contributed by atoms with Gasteiger partial charge in [-0.2, -0.15) is 0 Å². The Hall–Kier alpha value is -3.11. The lowest BCUT2D eigenvalue weighted by atomic mass is 10.3. The lowest BCUT2D eigenvalue weighted by Crippen LogP contribution is -2.44. The summed E-state index contributed by atoms with van der Waals surface area (Å²) in [6.07, 6.45) is 6.23. The molecule has 1 fully saturated rings. The third-order valence-electron chi connectivity index (χ3n) is 4.16. The first kappa shape index (κ1) is 22.2. The summed E-state index contributed by atoms with van der Waals surface area (Å²) in [7, 11) is 1.00. The van der Waals surface area contributed by atoms with Gasteiger partial charge in [0.15, 0.2) is 5.69 Å². The van der Waals surface area contributed by atoms with E-state index in [0.717, 1.165) is 19.9 Å². The molecule has 4 rings (SSSR count). The summed E-state index contributed by atoms with van der Waals surface area (Å²) < 4.78 is 0. The molecule has 0 saturated carbocycles. The summed E-state index contributed by atoms with van der Waals surface area (Å²) in [5.41, 5.74) is 1.07. The molecule has 2 aliphatic heterocycles. The maximum atomic E-state index is 12.0. The van der Waals surface area contributed by atoms with Crippen molar-refractivity contribution in [3.63, 3.8) is 0 Å². The second-order valence-corrected chi connectivity index (χ2v) is 6.30. The van der Waals surface area contributed by atoms with E-state index in [1.54, 1.807) is 28.1 Å². The minimum absolute atomic E-state index is 0.178. The fourth-order valence-electron chi connectivity index (χ4n) is 2.67. The number of rotatable bonds is 3. The monoisotopic (exact) mass is 420 g/mol. The Morgan fingerprint density at radius 3 is 2.03 bits per heavy atom. The van der Waals surface area contributed by atoms with E-state index in [0.29, 0.717) is 55.0 Å². The first-order valence-electron chi connectivity index (χ1n) is 8.69. The summed E-state index contributed by atoms with van der Waals surface area (Å²) in [4.78, 5) is 49.5. The Morgan fingerprint density at radius 2 is 1.55 bits per heavy atom. The number of hydrogen-bond donors (Lipinski definition) is 1. The number of aromatic nitrogens is 3. The SMILES string of the molecule is CO.O=C1c2nccnc2CN1c1ccc(Cl)cn1.O=CN1CCN(C=O)CC1. The van der Waals surface area contributed by atoms with Crippen LogP contribution in [0.3, 0.4) is 0 Å². The van der Waals surface area contributed by atoms with Crippen molar-refractivity contribution in [2.24, 2.45) is 0 Å². The molecule has 11 heteroatoms. The summed E-state index contributed by atoms with van der Waals surface area (Å²) in [5, 5.41) is 7.54. The van der Waals surface area contributed by atoms with Crippen LogP contribution < -0.4 is 4.90 Å². The quantitative estimate of drug-likeness (QED) is 0.705. The van der Waals surface area contributed by atoms with E-state index in [9.17, 15) is 14.4 Å². The molecule has 0 spiro atoms. The van der Waals surface area contributed by atoms with Crippen LogP contribution in [-0.2, 0) is 16.1 Å². The van der Waals surface area contributed by atoms with E-state index in [4.69, 9.17) is 16.7 Å². The van der Waals surface area contributed by atoms with Gasteiger partial charge in [-0.25, -0.2) is 9.97 Å². The van der Waals surface area contributed by atoms with Crippen molar-refractivity contribution < 1.29 is 19.5 Å². The number of aliphatic hydroxyl groups is 1. The molecule has 0 aliphatic carbocycles. The van der Waals surface area contributed by atoms with Gasteiger partial charge < -0.3 is 14.9 Å². The van der Waals surface area contributed by atoms with Crippen molar-refractivity contribution in [2.45, 2.75) is 6.54 Å². The van der Waals surface area contributed by atoms with E-state index in [1.807, 2.05) is 0 Å². The normalized spacial score (nSPS) is 14.9. The number of fused-ring (bicyclic) bond motifs is 1. The van der Waals surface area contributed by atoms with Crippen molar-refractivity contribution in [1.82, 2.24) is 24.8 Å². The molecule has 1 N–H and O–H groups in total. The molecule has 29 heavy (non-hydrogen) atoms. The lowest BCUT2D eigenvalue weighted by Gasteiger charge is -2.29. The van der Waals surface area contributed by atoms with Gasteiger partial charge in [0.25, 0.3) is 5.91 Å². The second kappa shape index (κ2) is 11.0. The largest absolute Gasteiger partial charge is 0.400 e. The number of carbonyl (C=O) groups is 3. The highest BCUT2D eigenvalue weighted by Gasteiger charge is 2.31. The van der Waals surface area contributed by atoms with Gasteiger partial charge in [-0.05, 0) is 12.1 Å². The van der Waals surface area contributed by atoms with E-state index < -0.39 is 0 Å². The number of halogens is 1. The van der Waals surface area contributed by atoms with Crippen LogP contribution in [0.5, 0.6) is 0 Å². The van der Waals surface area contributed by atoms with Crippen LogP contribution in [0.4, 0.5) is 5.82 Å². The maximum absolute atomic E-state index is 12.0. The minimum atomic E-state index is -0.178. The number of anilines is 1. The number of nitrogens with zero attached hydrogens (tertiary/aromatic N) is 6. The van der Waals surface area contributed by atoms with Gasteiger partial charge >= 0.3 is 0 Å². The predicted octanol–water partition coefficient (Wildman–Crippen LogP) is 0.211. The highest BCUT2D eigenvalue weighted by atomic mass is 35.5. The number of aliphatic hydroxyl groups excluding tert-OH is 1. The summed E-state index contributed by atoms with van der Waals surface area (Å²) in [6.45, 7) is 3.07. The van der Waals surface area contributed by atoms with Crippen LogP contribution in [0, 0.1) is 0 Å². The molecule has 2 aromatic heterocycles. The molecule has 2 aliphatic rings. The Kier molecular flexibility index (Phi) is 8.44. The van der Waals surface area contributed by atoms with Gasteiger partial charge in [-0.15, -0.1) is 0 Å². The van der Waals surface area contributed by atoms with E-state index in [-0.39, 0.29) is 5.91 Å². The molecular formula is C18H21ClN6O4. The summed E-state index contributed by atoms with van der Waals surface area (Å²) in [6, 6.07) is 3.40. The highest BCUT2D eigenvalue weighted by molar-refractivity contribution is 6.30. The zero-order valence-corrected chi connectivity index (χ0v) is 16.6. The molecule has 0 atom stereocenters. The maximum Gasteiger partial charge on any atom is 0.280 e. The van der Waals surface area contributed by atoms with Crippen molar-refractivity contribution in [2.75, 3.05) is 38.2 Å². The third kappa shape index (κ3) is 5.69. The standard InChI is InChI=1S/C11H7ClN4O.C6H10N2O2.CH4O/c12-7-1-2-9(15-5-7)16-6-8-10(11(16)17)14-4-3-13-8;9-5-7-1-2-8(6-10)4-3-7;1-2/h1-5H,6H2;5-6H,1-4H2;2H,1H3. The van der Waals surface area contributed by atoms with Crippen molar-refractivity contribution in [1.29, 1.82) is 0 Å². The van der Waals surface area contributed by atoms with Crippen molar-refractivity contribution >= 4 is 36.1 Å². The first-order valence-corrected chi connectivity index (χ1v) is 9.07. The first-order chi connectivity index (χ1) is 14.1. The van der Waals surface area contributed by atoms with Crippen molar-refractivity contribution in [3.8, 4) is 0 Å². The van der Waals surface area contributed by atoms with Crippen molar-refractivity contribution in [3.05, 3.63) is 47.1 Å². The van der Waals surface area contributed by atoms with Crippen LogP contribution in [0.15, 0.2) is 30.7 Å². The molecule has 1 saturated heterocycles. The number of hydrogen-bond acceptors (Lipinski definition) is 7. The molecule has 0 aromatic carbocycles. The fraction of sp³-hybridized carbons (Fsp3) is 0.333. The van der Waals surface area contributed by atoms with E-state index in [1.165, 1.54) is 17.3 Å². The van der Waals surface area contributed by atoms with E-state index >= 15 is 0 Å².